The molecule has 0 fully saturated rings. The van der Waals surface area contributed by atoms with Crippen molar-refractivity contribution in [3.05, 3.63) is 24.3 Å². The third-order valence-corrected chi connectivity index (χ3v) is 12.5. The van der Waals surface area contributed by atoms with Crippen LogP contribution in [0.25, 0.3) is 0 Å². The van der Waals surface area contributed by atoms with E-state index in [0.29, 0.717) is 6.42 Å². The predicted molar refractivity (Wildman–Crippen MR) is 259 cm³/mol. The minimum atomic E-state index is -0.927. The lowest BCUT2D eigenvalue weighted by atomic mass is 10.0. The van der Waals surface area contributed by atoms with Crippen LogP contribution in [0.1, 0.15) is 290 Å². The third-order valence-electron chi connectivity index (χ3n) is 12.5. The number of rotatable bonds is 49. The van der Waals surface area contributed by atoms with Crippen LogP contribution < -0.4 is 5.32 Å². The summed E-state index contributed by atoms with van der Waals surface area (Å²) in [5.41, 5.74) is 0. The summed E-state index contributed by atoms with van der Waals surface area (Å²) in [6, 6.07) is -0.742. The van der Waals surface area contributed by atoms with Crippen LogP contribution in [-0.2, 0) is 4.79 Å². The van der Waals surface area contributed by atoms with E-state index in [9.17, 15) is 20.1 Å². The summed E-state index contributed by atoms with van der Waals surface area (Å²) in [5.74, 6) is -0.312. The molecule has 0 aromatic rings. The van der Waals surface area contributed by atoms with Crippen molar-refractivity contribution < 1.29 is 20.1 Å². The number of carbonyl (C=O) groups is 1. The molecule has 0 spiro atoms. The normalized spacial score (nSPS) is 13.5. The average molecular weight is 832 g/mol. The van der Waals surface area contributed by atoms with Gasteiger partial charge in [-0.15, -0.1) is 0 Å². The van der Waals surface area contributed by atoms with E-state index in [4.69, 9.17) is 0 Å². The molecule has 5 nitrogen and oxygen atoms in total. The van der Waals surface area contributed by atoms with E-state index in [1.807, 2.05) is 6.08 Å². The molecule has 59 heavy (non-hydrogen) atoms. The highest BCUT2D eigenvalue weighted by molar-refractivity contribution is 5.76. The molecule has 0 radical (unpaired) electrons. The first-order chi connectivity index (χ1) is 29.0. The molecule has 0 rings (SSSR count). The lowest BCUT2D eigenvalue weighted by Gasteiger charge is -2.21. The minimum absolute atomic E-state index is 0.0163. The summed E-state index contributed by atoms with van der Waals surface area (Å²) in [7, 11) is 0. The number of allylic oxidation sites excluding steroid dienone is 3. The van der Waals surface area contributed by atoms with Gasteiger partial charge in [0.05, 0.1) is 31.3 Å². The second-order valence-corrected chi connectivity index (χ2v) is 18.5. The van der Waals surface area contributed by atoms with Crippen LogP contribution in [0.4, 0.5) is 0 Å². The maximum atomic E-state index is 12.5. The summed E-state index contributed by atoms with van der Waals surface area (Å²) in [6.07, 6.45) is 62.1. The van der Waals surface area contributed by atoms with E-state index in [2.05, 4.69) is 31.3 Å². The smallest absolute Gasteiger partial charge is 0.222 e. The Balaban J connectivity index is 3.53. The molecule has 1 amide bonds. The molecule has 0 aromatic carbocycles. The van der Waals surface area contributed by atoms with Crippen molar-refractivity contribution in [3.63, 3.8) is 0 Å². The molecule has 3 unspecified atom stereocenters. The Morgan fingerprint density at radius 3 is 1.03 bits per heavy atom. The molecular formula is C54H105NO4. The quantitative estimate of drug-likeness (QED) is 0.0363. The summed E-state index contributed by atoms with van der Waals surface area (Å²) < 4.78 is 0. The Morgan fingerprint density at radius 1 is 0.424 bits per heavy atom. The van der Waals surface area contributed by atoms with Crippen molar-refractivity contribution in [2.24, 2.45) is 0 Å². The first-order valence-electron chi connectivity index (χ1n) is 26.6. The summed E-state index contributed by atoms with van der Waals surface area (Å²) >= 11 is 0. The molecule has 4 N–H and O–H groups in total. The average Bonchev–Trinajstić information content (AvgIpc) is 3.23. The number of aliphatic hydroxyl groups is 3. The third kappa shape index (κ3) is 46.2. The molecule has 3 atom stereocenters. The zero-order valence-corrected chi connectivity index (χ0v) is 39.9. The van der Waals surface area contributed by atoms with E-state index in [1.54, 1.807) is 6.08 Å². The van der Waals surface area contributed by atoms with Gasteiger partial charge in [-0.1, -0.05) is 263 Å². The van der Waals surface area contributed by atoms with Crippen molar-refractivity contribution in [3.8, 4) is 0 Å². The van der Waals surface area contributed by atoms with E-state index in [-0.39, 0.29) is 18.9 Å². The summed E-state index contributed by atoms with van der Waals surface area (Å²) in [5, 5.41) is 33.4. The number of hydrogen-bond acceptors (Lipinski definition) is 4. The molecule has 0 aromatic heterocycles. The fraction of sp³-hybridized carbons (Fsp3) is 0.907. The minimum Gasteiger partial charge on any atom is -0.394 e. The van der Waals surface area contributed by atoms with Gasteiger partial charge in [0.2, 0.25) is 5.91 Å². The molecule has 5 heteroatoms. The molecule has 0 heterocycles. The van der Waals surface area contributed by atoms with Crippen LogP contribution in [0, 0.1) is 0 Å². The van der Waals surface area contributed by atoms with Crippen LogP contribution in [0.5, 0.6) is 0 Å². The van der Waals surface area contributed by atoms with Crippen LogP contribution in [-0.4, -0.2) is 46.1 Å². The van der Waals surface area contributed by atoms with E-state index >= 15 is 0 Å². The lowest BCUT2D eigenvalue weighted by Crippen LogP contribution is -2.45. The van der Waals surface area contributed by atoms with Gasteiger partial charge in [-0.25, -0.2) is 0 Å². The number of carbonyl (C=O) groups excluding carboxylic acids is 1. The van der Waals surface area contributed by atoms with Crippen molar-refractivity contribution in [1.82, 2.24) is 5.32 Å². The second kappa shape index (κ2) is 49.5. The Labute approximate surface area is 369 Å². The van der Waals surface area contributed by atoms with E-state index in [1.165, 1.54) is 238 Å². The monoisotopic (exact) mass is 832 g/mol. The fourth-order valence-corrected chi connectivity index (χ4v) is 8.40. The Bertz CT molecular complexity index is 874. The van der Waals surface area contributed by atoms with Gasteiger partial charge >= 0.3 is 0 Å². The topological polar surface area (TPSA) is 89.8 Å². The first kappa shape index (κ1) is 57.8. The first-order valence-corrected chi connectivity index (χ1v) is 26.6. The van der Waals surface area contributed by atoms with Crippen LogP contribution >= 0.6 is 0 Å². The van der Waals surface area contributed by atoms with Crippen molar-refractivity contribution in [2.45, 2.75) is 308 Å². The predicted octanol–water partition coefficient (Wildman–Crippen LogP) is 16.1. The fourth-order valence-electron chi connectivity index (χ4n) is 8.40. The highest BCUT2D eigenvalue weighted by Gasteiger charge is 2.20. The highest BCUT2D eigenvalue weighted by Crippen LogP contribution is 2.17. The van der Waals surface area contributed by atoms with Gasteiger partial charge in [0.15, 0.2) is 0 Å². The molecular weight excluding hydrogens is 727 g/mol. The SMILES string of the molecule is CCCCCCCCCCCCCC/C=C\CCCCCCCCCCCCCCCC(O)CC(=O)NC(CO)C(O)/C=C/CCCCCCCCCCCCCCC. The zero-order valence-electron chi connectivity index (χ0n) is 39.9. The molecule has 0 aliphatic rings. The molecule has 0 aliphatic heterocycles. The largest absolute Gasteiger partial charge is 0.394 e. The van der Waals surface area contributed by atoms with Gasteiger partial charge in [-0.3, -0.25) is 4.79 Å². The number of nitrogens with one attached hydrogen (secondary N) is 1. The summed E-state index contributed by atoms with van der Waals surface area (Å²) in [4.78, 5) is 12.5. The van der Waals surface area contributed by atoms with Gasteiger partial charge in [0.1, 0.15) is 0 Å². The van der Waals surface area contributed by atoms with Crippen LogP contribution in [0.2, 0.25) is 0 Å². The maximum Gasteiger partial charge on any atom is 0.222 e. The van der Waals surface area contributed by atoms with Crippen LogP contribution in [0.15, 0.2) is 24.3 Å². The molecule has 0 bridgehead atoms. The van der Waals surface area contributed by atoms with Gasteiger partial charge in [0, 0.05) is 0 Å². The van der Waals surface area contributed by atoms with Gasteiger partial charge in [0.25, 0.3) is 0 Å². The molecule has 0 aliphatic carbocycles. The van der Waals surface area contributed by atoms with Crippen molar-refractivity contribution >= 4 is 5.91 Å². The number of hydrogen-bond donors (Lipinski definition) is 4. The van der Waals surface area contributed by atoms with E-state index < -0.39 is 18.2 Å². The van der Waals surface area contributed by atoms with Gasteiger partial charge < -0.3 is 20.6 Å². The van der Waals surface area contributed by atoms with Gasteiger partial charge in [-0.2, -0.15) is 0 Å². The Kier molecular flexibility index (Phi) is 48.5. The van der Waals surface area contributed by atoms with Gasteiger partial charge in [-0.05, 0) is 44.9 Å². The number of unbranched alkanes of at least 4 members (excludes halogenated alkanes) is 38. The number of amides is 1. The molecule has 0 saturated carbocycles. The lowest BCUT2D eigenvalue weighted by molar-refractivity contribution is -0.124. The maximum absolute atomic E-state index is 12.5. The molecule has 350 valence electrons. The highest BCUT2D eigenvalue weighted by atomic mass is 16.3. The van der Waals surface area contributed by atoms with Crippen molar-refractivity contribution in [1.29, 1.82) is 0 Å². The number of aliphatic hydroxyl groups excluding tert-OH is 3. The van der Waals surface area contributed by atoms with Crippen LogP contribution in [0.3, 0.4) is 0 Å². The van der Waals surface area contributed by atoms with E-state index in [0.717, 1.165) is 25.7 Å². The second-order valence-electron chi connectivity index (χ2n) is 18.5. The molecule has 0 saturated heterocycles. The Hall–Kier alpha value is -1.17. The summed E-state index contributed by atoms with van der Waals surface area (Å²) in [6.45, 7) is 4.24. The Morgan fingerprint density at radius 2 is 0.712 bits per heavy atom. The standard InChI is InChI=1S/C54H105NO4/c1-3-5-7-9-11-13-15-17-19-20-21-22-23-24-25-26-27-28-29-30-31-32-34-35-37-39-41-43-45-47-51(57)49-54(59)55-52(50-56)53(58)48-46-44-42-40-38-36-33-18-16-14-12-10-8-6-4-2/h24-25,46,48,51-53,56-58H,3-23,26-45,47,49-50H2,1-2H3,(H,55,59)/b25-24-,48-46+. The van der Waals surface area contributed by atoms with Crippen molar-refractivity contribution in [2.75, 3.05) is 6.61 Å². The zero-order chi connectivity index (χ0) is 43.0.